The van der Waals surface area contributed by atoms with Crippen LogP contribution < -0.4 is 10.1 Å². The summed E-state index contributed by atoms with van der Waals surface area (Å²) < 4.78 is 12.6. The molecule has 1 N–H and O–H groups in total. The number of hydrogen-bond donors (Lipinski definition) is 1. The van der Waals surface area contributed by atoms with E-state index in [9.17, 15) is 9.59 Å². The molecule has 2 aromatic carbocycles. The van der Waals surface area contributed by atoms with E-state index in [-0.39, 0.29) is 12.0 Å². The monoisotopic (exact) mass is 423 g/mol. The number of carbonyl (C=O) groups excluding carboxylic acids is 2. The van der Waals surface area contributed by atoms with Crippen LogP contribution in [0.1, 0.15) is 27.0 Å². The molecule has 3 aromatic rings. The van der Waals surface area contributed by atoms with Gasteiger partial charge in [0.15, 0.2) is 0 Å². The van der Waals surface area contributed by atoms with Crippen LogP contribution in [0.15, 0.2) is 42.6 Å². The highest BCUT2D eigenvalue weighted by molar-refractivity contribution is 5.92. The summed E-state index contributed by atoms with van der Waals surface area (Å²) in [5, 5.41) is 4.01. The van der Waals surface area contributed by atoms with Gasteiger partial charge in [-0.05, 0) is 41.8 Å². The molecular formula is C24H29N3O4. The average molecular weight is 424 g/mol. The average Bonchev–Trinajstić information content (AvgIpc) is 3.07. The number of rotatable bonds is 7. The van der Waals surface area contributed by atoms with Gasteiger partial charge < -0.3 is 24.3 Å². The Labute approximate surface area is 182 Å². The highest BCUT2D eigenvalue weighted by Crippen LogP contribution is 2.30. The molecule has 0 fully saturated rings. The summed E-state index contributed by atoms with van der Waals surface area (Å²) in [5.41, 5.74) is 4.62. The van der Waals surface area contributed by atoms with Crippen molar-refractivity contribution < 1.29 is 19.1 Å². The van der Waals surface area contributed by atoms with E-state index >= 15 is 0 Å². The van der Waals surface area contributed by atoms with Crippen molar-refractivity contribution >= 4 is 22.9 Å². The zero-order chi connectivity index (χ0) is 22.5. The summed E-state index contributed by atoms with van der Waals surface area (Å²) in [7, 11) is 8.43. The number of amides is 2. The van der Waals surface area contributed by atoms with Crippen molar-refractivity contribution in [1.82, 2.24) is 14.8 Å². The van der Waals surface area contributed by atoms with Gasteiger partial charge in [-0.3, -0.25) is 0 Å². The second-order valence-electron chi connectivity index (χ2n) is 7.65. The molecule has 0 atom stereocenters. The smallest absolute Gasteiger partial charge is 0.338 e. The third kappa shape index (κ3) is 4.82. The van der Waals surface area contributed by atoms with E-state index in [1.165, 1.54) is 12.0 Å². The molecule has 0 spiro atoms. The quantitative estimate of drug-likeness (QED) is 0.592. The lowest BCUT2D eigenvalue weighted by molar-refractivity contribution is 0.0599. The van der Waals surface area contributed by atoms with E-state index in [1.54, 1.807) is 33.3 Å². The fourth-order valence-electron chi connectivity index (χ4n) is 3.72. The molecule has 2 amide bonds. The first-order valence-corrected chi connectivity index (χ1v) is 10.1. The van der Waals surface area contributed by atoms with Gasteiger partial charge >= 0.3 is 12.0 Å². The predicted molar refractivity (Wildman–Crippen MR) is 121 cm³/mol. The Morgan fingerprint density at radius 1 is 1.13 bits per heavy atom. The van der Waals surface area contributed by atoms with Crippen LogP contribution in [0.5, 0.6) is 5.75 Å². The highest BCUT2D eigenvalue weighted by Gasteiger charge is 2.18. The molecule has 0 aliphatic carbocycles. The van der Waals surface area contributed by atoms with Crippen molar-refractivity contribution in [3.63, 3.8) is 0 Å². The lowest BCUT2D eigenvalue weighted by atomic mass is 9.97. The predicted octanol–water partition coefficient (Wildman–Crippen LogP) is 3.38. The van der Waals surface area contributed by atoms with Gasteiger partial charge in [0.2, 0.25) is 0 Å². The van der Waals surface area contributed by atoms with Crippen molar-refractivity contribution in [2.75, 3.05) is 34.9 Å². The minimum atomic E-state index is -0.383. The van der Waals surface area contributed by atoms with Gasteiger partial charge in [0.25, 0.3) is 0 Å². The second kappa shape index (κ2) is 9.55. The minimum Gasteiger partial charge on any atom is -0.496 e. The molecule has 0 saturated heterocycles. The normalized spacial score (nSPS) is 10.7. The van der Waals surface area contributed by atoms with Gasteiger partial charge in [0, 0.05) is 56.8 Å². The molecule has 7 heteroatoms. The van der Waals surface area contributed by atoms with Crippen LogP contribution in [-0.2, 0) is 24.6 Å². The van der Waals surface area contributed by atoms with E-state index in [0.29, 0.717) is 24.3 Å². The number of hydrogen-bond acceptors (Lipinski definition) is 4. The zero-order valence-electron chi connectivity index (χ0n) is 18.7. The highest BCUT2D eigenvalue weighted by atomic mass is 16.5. The summed E-state index contributed by atoms with van der Waals surface area (Å²) in [6.07, 6.45) is 3.34. The lowest BCUT2D eigenvalue weighted by Gasteiger charge is -2.13. The Hall–Kier alpha value is -3.48. The molecule has 1 aromatic heterocycles. The van der Waals surface area contributed by atoms with E-state index in [4.69, 9.17) is 9.47 Å². The Morgan fingerprint density at radius 2 is 1.90 bits per heavy atom. The molecule has 0 aliphatic heterocycles. The van der Waals surface area contributed by atoms with Gasteiger partial charge in [0.1, 0.15) is 5.75 Å². The maximum absolute atomic E-state index is 12.3. The first kappa shape index (κ1) is 22.2. The summed E-state index contributed by atoms with van der Waals surface area (Å²) in [5.74, 6) is 0.272. The maximum atomic E-state index is 12.3. The number of urea groups is 1. The molecule has 31 heavy (non-hydrogen) atoms. The SMILES string of the molecule is COC(=O)c1cccc(OC)c1Cc1cn(C)c2ccc(CCNC(=O)N(C)C)cc12. The molecular weight excluding hydrogens is 394 g/mol. The van der Waals surface area contributed by atoms with Crippen molar-refractivity contribution in [3.05, 3.63) is 64.8 Å². The Morgan fingerprint density at radius 3 is 2.58 bits per heavy atom. The number of aromatic nitrogens is 1. The number of carbonyl (C=O) groups is 2. The number of ether oxygens (including phenoxy) is 2. The van der Waals surface area contributed by atoms with Crippen LogP contribution in [0.25, 0.3) is 10.9 Å². The lowest BCUT2D eigenvalue weighted by Crippen LogP contribution is -2.35. The van der Waals surface area contributed by atoms with Gasteiger partial charge in [0.05, 0.1) is 19.8 Å². The second-order valence-corrected chi connectivity index (χ2v) is 7.65. The summed E-state index contributed by atoms with van der Waals surface area (Å²) >= 11 is 0. The summed E-state index contributed by atoms with van der Waals surface area (Å²) in [6, 6.07) is 11.6. The van der Waals surface area contributed by atoms with E-state index in [0.717, 1.165) is 34.0 Å². The standard InChI is InChI=1S/C24H29N3O4/c1-26(2)24(29)25-12-11-16-9-10-21-19(13-16)17(15-27(21)3)14-20-18(23(28)31-5)7-6-8-22(20)30-4/h6-10,13,15H,11-12,14H2,1-5H3,(H,25,29). The van der Waals surface area contributed by atoms with E-state index < -0.39 is 0 Å². The van der Waals surface area contributed by atoms with Crippen molar-refractivity contribution in [2.45, 2.75) is 12.8 Å². The number of esters is 1. The molecule has 7 nitrogen and oxygen atoms in total. The van der Waals surface area contributed by atoms with Gasteiger partial charge in [-0.1, -0.05) is 12.1 Å². The van der Waals surface area contributed by atoms with Crippen LogP contribution >= 0.6 is 0 Å². The number of fused-ring (bicyclic) bond motifs is 1. The molecule has 1 heterocycles. The first-order chi connectivity index (χ1) is 14.8. The molecule has 0 bridgehead atoms. The minimum absolute atomic E-state index is 0.104. The van der Waals surface area contributed by atoms with Gasteiger partial charge in [-0.15, -0.1) is 0 Å². The topological polar surface area (TPSA) is 72.8 Å². The Kier molecular flexibility index (Phi) is 6.84. The Bertz CT molecular complexity index is 1100. The van der Waals surface area contributed by atoms with Gasteiger partial charge in [-0.2, -0.15) is 0 Å². The number of nitrogens with one attached hydrogen (secondary N) is 1. The number of nitrogens with zero attached hydrogens (tertiary/aromatic N) is 2. The third-order valence-corrected chi connectivity index (χ3v) is 5.36. The molecule has 3 rings (SSSR count). The fourth-order valence-corrected chi connectivity index (χ4v) is 3.72. The third-order valence-electron chi connectivity index (χ3n) is 5.36. The molecule has 0 saturated carbocycles. The van der Waals surface area contributed by atoms with Crippen molar-refractivity contribution in [1.29, 1.82) is 0 Å². The van der Waals surface area contributed by atoms with Gasteiger partial charge in [-0.25, -0.2) is 9.59 Å². The van der Waals surface area contributed by atoms with Crippen LogP contribution in [0.3, 0.4) is 0 Å². The molecule has 164 valence electrons. The maximum Gasteiger partial charge on any atom is 0.338 e. The van der Waals surface area contributed by atoms with Crippen molar-refractivity contribution in [3.8, 4) is 5.75 Å². The number of benzene rings is 2. The number of methoxy groups -OCH3 is 2. The summed E-state index contributed by atoms with van der Waals surface area (Å²) in [4.78, 5) is 25.6. The van der Waals surface area contributed by atoms with E-state index in [1.807, 2.05) is 13.1 Å². The Balaban J connectivity index is 1.93. The first-order valence-electron chi connectivity index (χ1n) is 10.1. The molecule has 0 radical (unpaired) electrons. The van der Waals surface area contributed by atoms with Crippen LogP contribution in [0, 0.1) is 0 Å². The molecule has 0 unspecified atom stereocenters. The fraction of sp³-hybridized carbons (Fsp3) is 0.333. The van der Waals surface area contributed by atoms with Crippen LogP contribution in [-0.4, -0.2) is 56.3 Å². The van der Waals surface area contributed by atoms with Crippen molar-refractivity contribution in [2.24, 2.45) is 7.05 Å². The largest absolute Gasteiger partial charge is 0.496 e. The summed E-state index contributed by atoms with van der Waals surface area (Å²) in [6.45, 7) is 0.559. The van der Waals surface area contributed by atoms with E-state index in [2.05, 4.69) is 34.3 Å². The van der Waals surface area contributed by atoms with Crippen LogP contribution in [0.2, 0.25) is 0 Å². The molecule has 0 aliphatic rings. The zero-order valence-corrected chi connectivity index (χ0v) is 18.7. The number of aryl methyl sites for hydroxylation is 1. The van der Waals surface area contributed by atoms with Crippen LogP contribution in [0.4, 0.5) is 4.79 Å².